The van der Waals surface area contributed by atoms with Crippen molar-refractivity contribution in [3.05, 3.63) is 65.5 Å². The lowest BCUT2D eigenvalue weighted by Crippen LogP contribution is -2.27. The van der Waals surface area contributed by atoms with Gasteiger partial charge >= 0.3 is 5.97 Å². The molecular formula is C18H18FNO4S. The maximum absolute atomic E-state index is 12.8. The van der Waals surface area contributed by atoms with Crippen molar-refractivity contribution in [2.75, 3.05) is 13.1 Å². The zero-order valence-electron chi connectivity index (χ0n) is 13.5. The third-order valence-electron chi connectivity index (χ3n) is 4.08. The first-order valence-electron chi connectivity index (χ1n) is 7.98. The fraction of sp³-hybridized carbons (Fsp3) is 0.278. The lowest BCUT2D eigenvalue weighted by Gasteiger charge is -2.15. The second-order valence-corrected chi connectivity index (χ2v) is 7.78. The highest BCUT2D eigenvalue weighted by atomic mass is 32.2. The molecule has 7 heteroatoms. The Morgan fingerprint density at radius 2 is 1.60 bits per heavy atom. The minimum atomic E-state index is -3.49. The van der Waals surface area contributed by atoms with Crippen molar-refractivity contribution < 1.29 is 22.3 Å². The van der Waals surface area contributed by atoms with E-state index in [1.54, 1.807) is 0 Å². The number of esters is 1. The molecule has 0 aliphatic carbocycles. The van der Waals surface area contributed by atoms with Crippen molar-refractivity contribution in [1.82, 2.24) is 4.31 Å². The van der Waals surface area contributed by atoms with Crippen LogP contribution in [0, 0.1) is 5.82 Å². The Bertz CT molecular complexity index is 842. The van der Waals surface area contributed by atoms with Crippen LogP contribution >= 0.6 is 0 Å². The molecule has 1 saturated heterocycles. The predicted molar refractivity (Wildman–Crippen MR) is 90.0 cm³/mol. The molecule has 132 valence electrons. The number of hydrogen-bond acceptors (Lipinski definition) is 4. The number of hydrogen-bond donors (Lipinski definition) is 0. The number of halogens is 1. The molecule has 0 N–H and O–H groups in total. The summed E-state index contributed by atoms with van der Waals surface area (Å²) in [5.74, 6) is -0.917. The van der Waals surface area contributed by atoms with Gasteiger partial charge in [-0.15, -0.1) is 0 Å². The highest BCUT2D eigenvalue weighted by Crippen LogP contribution is 2.21. The normalized spacial score (nSPS) is 15.2. The van der Waals surface area contributed by atoms with Gasteiger partial charge < -0.3 is 4.74 Å². The monoisotopic (exact) mass is 363 g/mol. The zero-order valence-corrected chi connectivity index (χ0v) is 14.3. The van der Waals surface area contributed by atoms with E-state index >= 15 is 0 Å². The maximum atomic E-state index is 12.8. The Morgan fingerprint density at radius 3 is 2.20 bits per heavy atom. The first-order chi connectivity index (χ1) is 12.0. The summed E-state index contributed by atoms with van der Waals surface area (Å²) in [6, 6.07) is 11.4. The standard InChI is InChI=1S/C18H18FNO4S/c19-16-7-3-14(4-8-16)13-24-18(21)15-5-9-17(10-6-15)25(22,23)20-11-1-2-12-20/h3-10H,1-2,11-13H2. The summed E-state index contributed by atoms with van der Waals surface area (Å²) in [4.78, 5) is 12.2. The van der Waals surface area contributed by atoms with Crippen LogP contribution in [0.15, 0.2) is 53.4 Å². The molecule has 2 aromatic carbocycles. The molecule has 0 atom stereocenters. The lowest BCUT2D eigenvalue weighted by atomic mass is 10.2. The average molecular weight is 363 g/mol. The Labute approximate surface area is 146 Å². The van der Waals surface area contributed by atoms with Gasteiger partial charge in [-0.05, 0) is 54.8 Å². The van der Waals surface area contributed by atoms with Crippen LogP contribution in [0.3, 0.4) is 0 Å². The molecule has 0 aromatic heterocycles. The highest BCUT2D eigenvalue weighted by molar-refractivity contribution is 7.89. The summed E-state index contributed by atoms with van der Waals surface area (Å²) in [5.41, 5.74) is 0.936. The van der Waals surface area contributed by atoms with Gasteiger partial charge in [0.05, 0.1) is 10.5 Å². The summed E-state index contributed by atoms with van der Waals surface area (Å²) >= 11 is 0. The van der Waals surface area contributed by atoms with Crippen LogP contribution in [0.5, 0.6) is 0 Å². The Kier molecular flexibility index (Phi) is 5.15. The van der Waals surface area contributed by atoms with Crippen molar-refractivity contribution in [3.63, 3.8) is 0 Å². The van der Waals surface area contributed by atoms with E-state index in [1.165, 1.54) is 52.8 Å². The van der Waals surface area contributed by atoms with E-state index in [-0.39, 0.29) is 22.9 Å². The van der Waals surface area contributed by atoms with E-state index in [9.17, 15) is 17.6 Å². The van der Waals surface area contributed by atoms with Crippen molar-refractivity contribution in [2.45, 2.75) is 24.3 Å². The molecule has 0 unspecified atom stereocenters. The van der Waals surface area contributed by atoms with Crippen LogP contribution in [-0.2, 0) is 21.4 Å². The van der Waals surface area contributed by atoms with Gasteiger partial charge in [0.25, 0.3) is 0 Å². The number of sulfonamides is 1. The van der Waals surface area contributed by atoms with Gasteiger partial charge in [0.15, 0.2) is 0 Å². The molecule has 1 fully saturated rings. The topological polar surface area (TPSA) is 63.7 Å². The molecule has 0 spiro atoms. The van der Waals surface area contributed by atoms with Crippen molar-refractivity contribution in [3.8, 4) is 0 Å². The minimum Gasteiger partial charge on any atom is -0.457 e. The van der Waals surface area contributed by atoms with Crippen LogP contribution in [0.25, 0.3) is 0 Å². The van der Waals surface area contributed by atoms with Gasteiger partial charge in [0.2, 0.25) is 10.0 Å². The maximum Gasteiger partial charge on any atom is 0.338 e. The van der Waals surface area contributed by atoms with Gasteiger partial charge in [-0.3, -0.25) is 0 Å². The Balaban J connectivity index is 1.65. The molecular weight excluding hydrogens is 345 g/mol. The molecule has 0 bridgehead atoms. The third-order valence-corrected chi connectivity index (χ3v) is 5.99. The molecule has 1 aliphatic heterocycles. The number of ether oxygens (including phenoxy) is 1. The Morgan fingerprint density at radius 1 is 1.00 bits per heavy atom. The summed E-state index contributed by atoms with van der Waals surface area (Å²) in [6.45, 7) is 1.08. The van der Waals surface area contributed by atoms with Crippen LogP contribution in [0.2, 0.25) is 0 Å². The average Bonchev–Trinajstić information content (AvgIpc) is 3.16. The Hall–Kier alpha value is -2.25. The second kappa shape index (κ2) is 7.33. The van der Waals surface area contributed by atoms with Crippen LogP contribution < -0.4 is 0 Å². The molecule has 25 heavy (non-hydrogen) atoms. The lowest BCUT2D eigenvalue weighted by molar-refractivity contribution is 0.0472. The van der Waals surface area contributed by atoms with E-state index in [4.69, 9.17) is 4.74 Å². The van der Waals surface area contributed by atoms with E-state index in [1.807, 2.05) is 0 Å². The number of carbonyl (C=O) groups excluding carboxylic acids is 1. The molecule has 0 radical (unpaired) electrons. The third kappa shape index (κ3) is 4.05. The molecule has 5 nitrogen and oxygen atoms in total. The van der Waals surface area contributed by atoms with E-state index in [0.717, 1.165) is 12.8 Å². The van der Waals surface area contributed by atoms with Crippen LogP contribution in [-0.4, -0.2) is 31.8 Å². The van der Waals surface area contributed by atoms with Gasteiger partial charge in [-0.2, -0.15) is 4.31 Å². The summed E-state index contributed by atoms with van der Waals surface area (Å²) in [7, 11) is -3.49. The molecule has 1 heterocycles. The first kappa shape index (κ1) is 17.6. The first-order valence-corrected chi connectivity index (χ1v) is 9.42. The molecule has 0 saturated carbocycles. The van der Waals surface area contributed by atoms with Gasteiger partial charge in [0.1, 0.15) is 12.4 Å². The second-order valence-electron chi connectivity index (χ2n) is 5.84. The molecule has 1 aliphatic rings. The summed E-state index contributed by atoms with van der Waals surface area (Å²) < 4.78 is 44.3. The predicted octanol–water partition coefficient (Wildman–Crippen LogP) is 2.97. The minimum absolute atomic E-state index is 0.0208. The van der Waals surface area contributed by atoms with Gasteiger partial charge in [-0.1, -0.05) is 12.1 Å². The zero-order chi connectivity index (χ0) is 17.9. The molecule has 2 aromatic rings. The number of rotatable bonds is 5. The van der Waals surface area contributed by atoms with Crippen LogP contribution in [0.1, 0.15) is 28.8 Å². The summed E-state index contributed by atoms with van der Waals surface area (Å²) in [5, 5.41) is 0. The van der Waals surface area contributed by atoms with Crippen LogP contribution in [0.4, 0.5) is 4.39 Å². The van der Waals surface area contributed by atoms with Crippen molar-refractivity contribution in [1.29, 1.82) is 0 Å². The smallest absolute Gasteiger partial charge is 0.338 e. The van der Waals surface area contributed by atoms with Crippen molar-refractivity contribution in [2.24, 2.45) is 0 Å². The summed E-state index contributed by atoms with van der Waals surface area (Å²) in [6.07, 6.45) is 1.74. The number of carbonyl (C=O) groups is 1. The van der Waals surface area contributed by atoms with Crippen molar-refractivity contribution >= 4 is 16.0 Å². The SMILES string of the molecule is O=C(OCc1ccc(F)cc1)c1ccc(S(=O)(=O)N2CCCC2)cc1. The fourth-order valence-corrected chi connectivity index (χ4v) is 4.17. The van der Waals surface area contributed by atoms with E-state index in [0.29, 0.717) is 18.7 Å². The van der Waals surface area contributed by atoms with E-state index in [2.05, 4.69) is 0 Å². The number of benzene rings is 2. The van der Waals surface area contributed by atoms with Gasteiger partial charge in [-0.25, -0.2) is 17.6 Å². The molecule has 0 amide bonds. The van der Waals surface area contributed by atoms with E-state index < -0.39 is 16.0 Å². The molecule has 3 rings (SSSR count). The fourth-order valence-electron chi connectivity index (χ4n) is 2.65. The van der Waals surface area contributed by atoms with Gasteiger partial charge in [0, 0.05) is 13.1 Å². The quantitative estimate of drug-likeness (QED) is 0.766. The number of nitrogens with zero attached hydrogens (tertiary/aromatic N) is 1. The largest absolute Gasteiger partial charge is 0.457 e. The highest BCUT2D eigenvalue weighted by Gasteiger charge is 2.27.